The standard InChI is InChI=1S/C12H20N2O3/c1-9-4-7-14(8-9)11(17)13-12(10(15)16)5-2-3-6-12/h9H,2-8H2,1H3,(H,13,17)(H,15,16). The van der Waals surface area contributed by atoms with E-state index in [9.17, 15) is 14.7 Å². The van der Waals surface area contributed by atoms with Crippen LogP contribution in [0.4, 0.5) is 4.79 Å². The maximum absolute atomic E-state index is 12.0. The lowest BCUT2D eigenvalue weighted by molar-refractivity contribution is -0.144. The number of nitrogens with one attached hydrogen (secondary N) is 1. The number of hydrogen-bond acceptors (Lipinski definition) is 2. The molecule has 1 atom stereocenters. The molecule has 0 aromatic heterocycles. The van der Waals surface area contributed by atoms with Crippen molar-refractivity contribution in [3.8, 4) is 0 Å². The Bertz CT molecular complexity index is 324. The number of nitrogens with zero attached hydrogens (tertiary/aromatic N) is 1. The first-order valence-electron chi connectivity index (χ1n) is 6.34. The number of carbonyl (C=O) groups is 2. The Labute approximate surface area is 101 Å². The van der Waals surface area contributed by atoms with Crippen molar-refractivity contribution in [3.63, 3.8) is 0 Å². The van der Waals surface area contributed by atoms with Gasteiger partial charge in [-0.3, -0.25) is 0 Å². The van der Waals surface area contributed by atoms with Crippen LogP contribution in [-0.4, -0.2) is 40.6 Å². The van der Waals surface area contributed by atoms with Crippen LogP contribution in [0.1, 0.15) is 39.0 Å². The third-order valence-corrected chi connectivity index (χ3v) is 3.92. The molecule has 2 N–H and O–H groups in total. The van der Waals surface area contributed by atoms with Crippen molar-refractivity contribution in [1.29, 1.82) is 0 Å². The fourth-order valence-corrected chi connectivity index (χ4v) is 2.77. The zero-order valence-electron chi connectivity index (χ0n) is 10.2. The normalized spacial score (nSPS) is 27.1. The van der Waals surface area contributed by atoms with Crippen molar-refractivity contribution < 1.29 is 14.7 Å². The molecule has 2 fully saturated rings. The molecule has 5 heteroatoms. The summed E-state index contributed by atoms with van der Waals surface area (Å²) in [7, 11) is 0. The maximum Gasteiger partial charge on any atom is 0.329 e. The molecule has 1 unspecified atom stereocenters. The lowest BCUT2D eigenvalue weighted by Gasteiger charge is -2.28. The molecule has 0 radical (unpaired) electrons. The van der Waals surface area contributed by atoms with Crippen LogP contribution in [0.25, 0.3) is 0 Å². The summed E-state index contributed by atoms with van der Waals surface area (Å²) < 4.78 is 0. The monoisotopic (exact) mass is 240 g/mol. The Morgan fingerprint density at radius 2 is 2.00 bits per heavy atom. The van der Waals surface area contributed by atoms with E-state index in [2.05, 4.69) is 12.2 Å². The summed E-state index contributed by atoms with van der Waals surface area (Å²) in [5, 5.41) is 12.0. The van der Waals surface area contributed by atoms with Gasteiger partial charge in [0.15, 0.2) is 0 Å². The number of carboxylic acid groups (broad SMARTS) is 1. The Balaban J connectivity index is 1.99. The van der Waals surface area contributed by atoms with Crippen molar-refractivity contribution in [1.82, 2.24) is 10.2 Å². The Hall–Kier alpha value is -1.26. The van der Waals surface area contributed by atoms with Gasteiger partial charge in [0.05, 0.1) is 0 Å². The van der Waals surface area contributed by atoms with E-state index in [-0.39, 0.29) is 6.03 Å². The highest BCUT2D eigenvalue weighted by Crippen LogP contribution is 2.30. The molecule has 0 bridgehead atoms. The molecule has 17 heavy (non-hydrogen) atoms. The highest BCUT2D eigenvalue weighted by molar-refractivity contribution is 5.86. The molecule has 1 heterocycles. The molecular weight excluding hydrogens is 220 g/mol. The molecule has 1 aliphatic carbocycles. The largest absolute Gasteiger partial charge is 0.480 e. The van der Waals surface area contributed by atoms with Gasteiger partial charge in [-0.05, 0) is 25.2 Å². The summed E-state index contributed by atoms with van der Waals surface area (Å²) in [5.41, 5.74) is -1.01. The topological polar surface area (TPSA) is 69.6 Å². The van der Waals surface area contributed by atoms with Crippen molar-refractivity contribution in [2.75, 3.05) is 13.1 Å². The average molecular weight is 240 g/mol. The van der Waals surface area contributed by atoms with Gasteiger partial charge >= 0.3 is 12.0 Å². The van der Waals surface area contributed by atoms with Crippen LogP contribution in [0.3, 0.4) is 0 Å². The van der Waals surface area contributed by atoms with Crippen LogP contribution in [0.2, 0.25) is 0 Å². The molecule has 0 aromatic carbocycles. The van der Waals surface area contributed by atoms with Gasteiger partial charge in [-0.2, -0.15) is 0 Å². The number of amides is 2. The SMILES string of the molecule is CC1CCN(C(=O)NC2(C(=O)O)CCCC2)C1. The van der Waals surface area contributed by atoms with E-state index in [1.807, 2.05) is 0 Å². The molecule has 0 spiro atoms. The first kappa shape index (κ1) is 12.2. The number of rotatable bonds is 2. The van der Waals surface area contributed by atoms with E-state index in [0.717, 1.165) is 32.4 Å². The van der Waals surface area contributed by atoms with Gasteiger partial charge < -0.3 is 15.3 Å². The molecule has 0 aromatic rings. The van der Waals surface area contributed by atoms with Crippen molar-refractivity contribution in [2.24, 2.45) is 5.92 Å². The fourth-order valence-electron chi connectivity index (χ4n) is 2.77. The lowest BCUT2D eigenvalue weighted by atomic mass is 9.98. The summed E-state index contributed by atoms with van der Waals surface area (Å²) in [6.07, 6.45) is 3.87. The van der Waals surface area contributed by atoms with E-state index >= 15 is 0 Å². The van der Waals surface area contributed by atoms with E-state index in [0.29, 0.717) is 18.8 Å². The Morgan fingerprint density at radius 3 is 2.47 bits per heavy atom. The highest BCUT2D eigenvalue weighted by atomic mass is 16.4. The number of hydrogen-bond donors (Lipinski definition) is 2. The number of urea groups is 1. The van der Waals surface area contributed by atoms with Gasteiger partial charge in [0, 0.05) is 13.1 Å². The fraction of sp³-hybridized carbons (Fsp3) is 0.833. The highest BCUT2D eigenvalue weighted by Gasteiger charge is 2.43. The quantitative estimate of drug-likeness (QED) is 0.767. The van der Waals surface area contributed by atoms with Gasteiger partial charge in [0.25, 0.3) is 0 Å². The Kier molecular flexibility index (Phi) is 3.26. The minimum absolute atomic E-state index is 0.210. The minimum atomic E-state index is -1.01. The van der Waals surface area contributed by atoms with E-state index in [1.54, 1.807) is 4.90 Å². The number of carboxylic acids is 1. The molecule has 96 valence electrons. The molecular formula is C12H20N2O3. The van der Waals surface area contributed by atoms with Crippen LogP contribution >= 0.6 is 0 Å². The molecule has 1 saturated carbocycles. The smallest absolute Gasteiger partial charge is 0.329 e. The van der Waals surface area contributed by atoms with E-state index < -0.39 is 11.5 Å². The third-order valence-electron chi connectivity index (χ3n) is 3.92. The van der Waals surface area contributed by atoms with Crippen molar-refractivity contribution in [3.05, 3.63) is 0 Å². The summed E-state index contributed by atoms with van der Waals surface area (Å²) in [6.45, 7) is 3.58. The molecule has 1 aliphatic heterocycles. The van der Waals surface area contributed by atoms with Crippen molar-refractivity contribution >= 4 is 12.0 Å². The summed E-state index contributed by atoms with van der Waals surface area (Å²) in [5.74, 6) is -0.374. The van der Waals surface area contributed by atoms with Gasteiger partial charge in [0.1, 0.15) is 5.54 Å². The van der Waals surface area contributed by atoms with Gasteiger partial charge in [0.2, 0.25) is 0 Å². The molecule has 5 nitrogen and oxygen atoms in total. The van der Waals surface area contributed by atoms with Gasteiger partial charge in [-0.15, -0.1) is 0 Å². The lowest BCUT2D eigenvalue weighted by Crippen LogP contribution is -2.56. The number of likely N-dealkylation sites (tertiary alicyclic amines) is 1. The van der Waals surface area contributed by atoms with Crippen molar-refractivity contribution in [2.45, 2.75) is 44.6 Å². The van der Waals surface area contributed by atoms with Gasteiger partial charge in [-0.25, -0.2) is 9.59 Å². The van der Waals surface area contributed by atoms with Crippen LogP contribution < -0.4 is 5.32 Å². The second kappa shape index (κ2) is 4.55. The Morgan fingerprint density at radius 1 is 1.35 bits per heavy atom. The van der Waals surface area contributed by atoms with Crippen LogP contribution in [0, 0.1) is 5.92 Å². The second-order valence-corrected chi connectivity index (χ2v) is 5.36. The molecule has 2 aliphatic rings. The first-order chi connectivity index (χ1) is 8.03. The third kappa shape index (κ3) is 2.37. The van der Waals surface area contributed by atoms with Crippen LogP contribution in [0.5, 0.6) is 0 Å². The predicted octanol–water partition coefficient (Wildman–Crippen LogP) is 1.44. The number of carbonyl (C=O) groups excluding carboxylic acids is 1. The predicted molar refractivity (Wildman–Crippen MR) is 62.7 cm³/mol. The maximum atomic E-state index is 12.0. The zero-order chi connectivity index (χ0) is 12.5. The summed E-state index contributed by atoms with van der Waals surface area (Å²) >= 11 is 0. The second-order valence-electron chi connectivity index (χ2n) is 5.36. The molecule has 1 saturated heterocycles. The zero-order valence-corrected chi connectivity index (χ0v) is 10.2. The van der Waals surface area contributed by atoms with E-state index in [1.165, 1.54) is 0 Å². The van der Waals surface area contributed by atoms with Gasteiger partial charge in [-0.1, -0.05) is 19.8 Å². The summed E-state index contributed by atoms with van der Waals surface area (Å²) in [4.78, 5) is 25.0. The molecule has 2 amide bonds. The molecule has 2 rings (SSSR count). The minimum Gasteiger partial charge on any atom is -0.480 e. The summed E-state index contributed by atoms with van der Waals surface area (Å²) in [6, 6.07) is -0.210. The van der Waals surface area contributed by atoms with Crippen LogP contribution in [0.15, 0.2) is 0 Å². The first-order valence-corrected chi connectivity index (χ1v) is 6.34. The number of aliphatic carboxylic acids is 1. The average Bonchev–Trinajstić information content (AvgIpc) is 2.87. The van der Waals surface area contributed by atoms with Crippen LogP contribution in [-0.2, 0) is 4.79 Å². The van der Waals surface area contributed by atoms with E-state index in [4.69, 9.17) is 0 Å².